The predicted molar refractivity (Wildman–Crippen MR) is 125 cm³/mol. The van der Waals surface area contributed by atoms with Gasteiger partial charge in [0.2, 0.25) is 0 Å². The van der Waals surface area contributed by atoms with Gasteiger partial charge in [0.05, 0.1) is 30.3 Å². The maximum atomic E-state index is 13.7. The highest BCUT2D eigenvalue weighted by atomic mass is 16.6. The molecule has 0 spiro atoms. The van der Waals surface area contributed by atoms with Crippen molar-refractivity contribution in [1.29, 1.82) is 0 Å². The van der Waals surface area contributed by atoms with Gasteiger partial charge in [-0.15, -0.1) is 0 Å². The minimum Gasteiger partial charge on any atom is -0.468 e. The number of carbonyl (C=O) groups excluding carboxylic acids is 3. The maximum absolute atomic E-state index is 13.7. The van der Waals surface area contributed by atoms with Gasteiger partial charge >= 0.3 is 11.9 Å². The van der Waals surface area contributed by atoms with E-state index in [9.17, 15) is 24.5 Å². The topological polar surface area (TPSA) is 134 Å². The lowest BCUT2D eigenvalue weighted by molar-refractivity contribution is -0.384. The highest BCUT2D eigenvalue weighted by Gasteiger charge is 2.47. The number of esters is 2. The number of ketones is 1. The lowest BCUT2D eigenvalue weighted by atomic mass is 9.69. The maximum Gasteiger partial charge on any atom is 0.336 e. The van der Waals surface area contributed by atoms with Crippen molar-refractivity contribution < 1.29 is 33.5 Å². The first-order valence-electron chi connectivity index (χ1n) is 11.4. The molecule has 35 heavy (non-hydrogen) atoms. The van der Waals surface area contributed by atoms with E-state index in [0.717, 1.165) is 0 Å². The number of hydrogen-bond acceptors (Lipinski definition) is 9. The van der Waals surface area contributed by atoms with Crippen LogP contribution in [0.2, 0.25) is 0 Å². The molecule has 1 aromatic rings. The summed E-state index contributed by atoms with van der Waals surface area (Å²) in [6, 6.07) is 5.79. The highest BCUT2D eigenvalue weighted by Crippen LogP contribution is 2.45. The van der Waals surface area contributed by atoms with Gasteiger partial charge in [0, 0.05) is 35.0 Å². The summed E-state index contributed by atoms with van der Waals surface area (Å²) >= 11 is 0. The molecule has 0 unspecified atom stereocenters. The molecular formula is C25H30N2O8. The molecule has 1 aliphatic heterocycles. The van der Waals surface area contributed by atoms with Crippen molar-refractivity contribution in [3.63, 3.8) is 0 Å². The third kappa shape index (κ3) is 5.43. The fraction of sp³-hybridized carbons (Fsp3) is 0.480. The van der Waals surface area contributed by atoms with Gasteiger partial charge in [0.15, 0.2) is 5.78 Å². The summed E-state index contributed by atoms with van der Waals surface area (Å²) in [6.07, 6.45) is 0.335. The number of non-ortho nitro benzene ring substituents is 1. The Morgan fingerprint density at radius 2 is 1.97 bits per heavy atom. The van der Waals surface area contributed by atoms with E-state index in [4.69, 9.17) is 14.2 Å². The molecule has 1 aromatic carbocycles. The minimum atomic E-state index is -1.04. The Bertz CT molecular complexity index is 1100. The summed E-state index contributed by atoms with van der Waals surface area (Å²) in [6.45, 7) is 7.39. The van der Waals surface area contributed by atoms with Crippen molar-refractivity contribution in [2.45, 2.75) is 46.1 Å². The van der Waals surface area contributed by atoms with Crippen LogP contribution in [0.25, 0.3) is 0 Å². The quantitative estimate of drug-likeness (QED) is 0.193. The lowest BCUT2D eigenvalue weighted by Gasteiger charge is -2.38. The van der Waals surface area contributed by atoms with Gasteiger partial charge < -0.3 is 19.5 Å². The second-order valence-corrected chi connectivity index (χ2v) is 8.94. The minimum absolute atomic E-state index is 0.00286. The molecule has 0 saturated carbocycles. The summed E-state index contributed by atoms with van der Waals surface area (Å²) in [4.78, 5) is 50.3. The first-order valence-corrected chi connectivity index (χ1v) is 11.4. The van der Waals surface area contributed by atoms with Gasteiger partial charge in [0.25, 0.3) is 5.69 Å². The summed E-state index contributed by atoms with van der Waals surface area (Å²) in [7, 11) is 1.22. The van der Waals surface area contributed by atoms with Crippen LogP contribution in [-0.4, -0.2) is 49.1 Å². The molecule has 3 atom stereocenters. The van der Waals surface area contributed by atoms with Crippen LogP contribution < -0.4 is 5.32 Å². The van der Waals surface area contributed by atoms with E-state index in [2.05, 4.69) is 5.32 Å². The number of benzene rings is 1. The van der Waals surface area contributed by atoms with Gasteiger partial charge in [-0.3, -0.25) is 19.7 Å². The van der Waals surface area contributed by atoms with E-state index in [0.29, 0.717) is 23.4 Å². The van der Waals surface area contributed by atoms with Crippen LogP contribution in [0.1, 0.15) is 45.6 Å². The first-order chi connectivity index (χ1) is 16.6. The standard InChI is InChI=1S/C25H30N2O8/c1-13(2)34-9-10-35-25(30)20-15(4)26-18-11-14(3)19(24(29)33-5)23(28)22(18)21(20)16-7-6-8-17(12-16)27(31)32/h6-8,12-14,19,21,26H,9-11H2,1-5H3/t14-,19+,21-/m1/s1. The van der Waals surface area contributed by atoms with Crippen LogP contribution in [0.5, 0.6) is 0 Å². The van der Waals surface area contributed by atoms with Crippen LogP contribution in [0.4, 0.5) is 5.69 Å². The summed E-state index contributed by atoms with van der Waals surface area (Å²) in [5.41, 5.74) is 1.63. The molecule has 0 bridgehead atoms. The zero-order valence-electron chi connectivity index (χ0n) is 20.5. The number of nitrogens with zero attached hydrogens (tertiary/aromatic N) is 1. The SMILES string of the molecule is COC(=O)[C@@H]1C(=O)C2=C(C[C@H]1C)NC(C)=C(C(=O)OCCOC(C)C)[C@H]2c1cccc([N+](=O)[O-])c1. The van der Waals surface area contributed by atoms with Crippen molar-refractivity contribution in [1.82, 2.24) is 5.32 Å². The first kappa shape index (κ1) is 26.1. The normalized spacial score (nSPS) is 22.0. The Labute approximate surface area is 203 Å². The van der Waals surface area contributed by atoms with Crippen molar-refractivity contribution in [3.05, 3.63) is 62.5 Å². The van der Waals surface area contributed by atoms with Gasteiger partial charge in [-0.2, -0.15) is 0 Å². The summed E-state index contributed by atoms with van der Waals surface area (Å²) < 4.78 is 15.7. The molecule has 1 heterocycles. The smallest absolute Gasteiger partial charge is 0.336 e. The van der Waals surface area contributed by atoms with Gasteiger partial charge in [-0.05, 0) is 38.7 Å². The average molecular weight is 487 g/mol. The van der Waals surface area contributed by atoms with Gasteiger partial charge in [-0.1, -0.05) is 19.1 Å². The summed E-state index contributed by atoms with van der Waals surface area (Å²) in [5.74, 6) is -4.13. The molecule has 1 N–H and O–H groups in total. The molecule has 188 valence electrons. The Morgan fingerprint density at radius 3 is 2.60 bits per heavy atom. The lowest BCUT2D eigenvalue weighted by Crippen LogP contribution is -2.43. The number of Topliss-reactive ketones (excluding diaryl/α,β-unsaturated/α-hetero) is 1. The number of methoxy groups -OCH3 is 1. The fourth-order valence-electron chi connectivity index (χ4n) is 4.60. The van der Waals surface area contributed by atoms with Crippen LogP contribution in [0, 0.1) is 22.0 Å². The zero-order chi connectivity index (χ0) is 25.9. The third-order valence-electron chi connectivity index (χ3n) is 6.14. The van der Waals surface area contributed by atoms with Crippen molar-refractivity contribution in [2.24, 2.45) is 11.8 Å². The number of rotatable bonds is 8. The van der Waals surface area contributed by atoms with E-state index < -0.39 is 34.5 Å². The predicted octanol–water partition coefficient (Wildman–Crippen LogP) is 3.18. The molecule has 2 aliphatic rings. The Hall–Kier alpha value is -3.53. The van der Waals surface area contributed by atoms with Crippen molar-refractivity contribution in [3.8, 4) is 0 Å². The van der Waals surface area contributed by atoms with E-state index in [-0.39, 0.29) is 42.1 Å². The monoisotopic (exact) mass is 486 g/mol. The Kier molecular flexibility index (Phi) is 8.06. The molecule has 0 radical (unpaired) electrons. The van der Waals surface area contributed by atoms with Crippen LogP contribution >= 0.6 is 0 Å². The third-order valence-corrected chi connectivity index (χ3v) is 6.14. The average Bonchev–Trinajstić information content (AvgIpc) is 2.80. The van der Waals surface area contributed by atoms with Crippen molar-refractivity contribution in [2.75, 3.05) is 20.3 Å². The second kappa shape index (κ2) is 10.8. The zero-order valence-corrected chi connectivity index (χ0v) is 20.5. The van der Waals surface area contributed by atoms with E-state index in [1.54, 1.807) is 19.9 Å². The van der Waals surface area contributed by atoms with Crippen LogP contribution in [-0.2, 0) is 28.6 Å². The number of nitro benzene ring substituents is 1. The number of nitro groups is 1. The number of nitrogens with one attached hydrogen (secondary N) is 1. The van der Waals surface area contributed by atoms with Crippen molar-refractivity contribution >= 4 is 23.4 Å². The fourth-order valence-corrected chi connectivity index (χ4v) is 4.60. The highest BCUT2D eigenvalue weighted by molar-refractivity contribution is 6.12. The molecule has 10 nitrogen and oxygen atoms in total. The molecule has 0 saturated heterocycles. The second-order valence-electron chi connectivity index (χ2n) is 8.94. The van der Waals surface area contributed by atoms with Crippen LogP contribution in [0.3, 0.4) is 0 Å². The van der Waals surface area contributed by atoms with Gasteiger partial charge in [0.1, 0.15) is 12.5 Å². The molecule has 0 aromatic heterocycles. The summed E-state index contributed by atoms with van der Waals surface area (Å²) in [5, 5.41) is 14.6. The number of dihydropyridines is 1. The van der Waals surface area contributed by atoms with E-state index in [1.807, 2.05) is 13.8 Å². The van der Waals surface area contributed by atoms with Crippen LogP contribution in [0.15, 0.2) is 46.8 Å². The van der Waals surface area contributed by atoms with Gasteiger partial charge in [-0.25, -0.2) is 4.79 Å². The molecular weight excluding hydrogens is 456 g/mol. The molecule has 3 rings (SSSR count). The Morgan fingerprint density at radius 1 is 1.26 bits per heavy atom. The number of ether oxygens (including phenoxy) is 3. The largest absolute Gasteiger partial charge is 0.468 e. The molecule has 0 amide bonds. The number of hydrogen-bond donors (Lipinski definition) is 1. The molecule has 1 aliphatic carbocycles. The Balaban J connectivity index is 2.09. The van der Waals surface area contributed by atoms with E-state index >= 15 is 0 Å². The molecule has 10 heteroatoms. The number of carbonyl (C=O) groups is 3. The number of allylic oxidation sites excluding steroid dienone is 3. The molecule has 0 fully saturated rings. The van der Waals surface area contributed by atoms with E-state index in [1.165, 1.54) is 25.3 Å².